The molecule has 0 aliphatic rings. The lowest BCUT2D eigenvalue weighted by Crippen LogP contribution is -2.22. The molecule has 4 heteroatoms. The van der Waals surface area contributed by atoms with E-state index in [1.807, 2.05) is 6.92 Å². The molecule has 0 aromatic carbocycles. The van der Waals surface area contributed by atoms with Gasteiger partial charge in [-0.2, -0.15) is 4.39 Å². The molecule has 13 heavy (non-hydrogen) atoms. The van der Waals surface area contributed by atoms with Crippen molar-refractivity contribution in [2.45, 2.75) is 25.8 Å². The van der Waals surface area contributed by atoms with Crippen molar-refractivity contribution in [3.63, 3.8) is 0 Å². The molecular formula is C9H14ClFN2. The van der Waals surface area contributed by atoms with Crippen molar-refractivity contribution >= 4 is 12.4 Å². The normalized spacial score (nSPS) is 11.9. The van der Waals surface area contributed by atoms with Crippen molar-refractivity contribution in [3.05, 3.63) is 29.8 Å². The molecule has 1 aromatic rings. The van der Waals surface area contributed by atoms with Gasteiger partial charge in [0.2, 0.25) is 5.95 Å². The molecule has 0 saturated heterocycles. The van der Waals surface area contributed by atoms with Gasteiger partial charge in [-0.25, -0.2) is 4.98 Å². The molecule has 2 N–H and O–H groups in total. The molecule has 0 amide bonds. The molecule has 1 atom stereocenters. The van der Waals surface area contributed by atoms with E-state index in [1.54, 1.807) is 12.1 Å². The summed E-state index contributed by atoms with van der Waals surface area (Å²) in [7, 11) is 0. The van der Waals surface area contributed by atoms with Crippen LogP contribution in [0.4, 0.5) is 4.39 Å². The quantitative estimate of drug-likeness (QED) is 0.765. The predicted octanol–water partition coefficient (Wildman–Crippen LogP) is 1.92. The van der Waals surface area contributed by atoms with E-state index in [1.165, 1.54) is 6.20 Å². The Labute approximate surface area is 83.8 Å². The molecule has 0 bridgehead atoms. The van der Waals surface area contributed by atoms with Crippen LogP contribution in [0.15, 0.2) is 18.3 Å². The van der Waals surface area contributed by atoms with Crippen molar-refractivity contribution in [1.29, 1.82) is 0 Å². The van der Waals surface area contributed by atoms with E-state index >= 15 is 0 Å². The number of nitrogens with two attached hydrogens (primary N) is 1. The summed E-state index contributed by atoms with van der Waals surface area (Å²) >= 11 is 0. The van der Waals surface area contributed by atoms with Gasteiger partial charge in [0.25, 0.3) is 0 Å². The first-order valence-corrected chi connectivity index (χ1v) is 4.09. The average molecular weight is 205 g/mol. The Morgan fingerprint density at radius 1 is 1.62 bits per heavy atom. The second kappa shape index (κ2) is 5.89. The molecule has 1 unspecified atom stereocenters. The van der Waals surface area contributed by atoms with Crippen LogP contribution in [0.2, 0.25) is 0 Å². The maximum atomic E-state index is 12.9. The summed E-state index contributed by atoms with van der Waals surface area (Å²) in [6.45, 7) is 1.99. The van der Waals surface area contributed by atoms with Gasteiger partial charge in [0.15, 0.2) is 0 Å². The van der Waals surface area contributed by atoms with Crippen LogP contribution in [0.5, 0.6) is 0 Å². The van der Waals surface area contributed by atoms with Crippen LogP contribution in [0.25, 0.3) is 0 Å². The SMILES string of the molecule is CCC(N)Cc1cccnc1F.Cl. The average Bonchev–Trinajstić information content (AvgIpc) is 2.09. The molecule has 1 heterocycles. The first-order chi connectivity index (χ1) is 5.74. The van der Waals surface area contributed by atoms with E-state index in [9.17, 15) is 4.39 Å². The summed E-state index contributed by atoms with van der Waals surface area (Å²) in [6, 6.07) is 3.47. The Hall–Kier alpha value is -0.670. The minimum absolute atomic E-state index is 0. The first kappa shape index (κ1) is 12.3. The van der Waals surface area contributed by atoms with Gasteiger partial charge in [0, 0.05) is 17.8 Å². The second-order valence-corrected chi connectivity index (χ2v) is 2.83. The number of hydrogen-bond donors (Lipinski definition) is 1. The summed E-state index contributed by atoms with van der Waals surface area (Å²) in [6.07, 6.45) is 2.86. The van der Waals surface area contributed by atoms with E-state index in [2.05, 4.69) is 4.98 Å². The molecule has 0 fully saturated rings. The molecule has 0 spiro atoms. The van der Waals surface area contributed by atoms with Crippen LogP contribution >= 0.6 is 12.4 Å². The van der Waals surface area contributed by atoms with Crippen LogP contribution in [-0.2, 0) is 6.42 Å². The monoisotopic (exact) mass is 204 g/mol. The van der Waals surface area contributed by atoms with Crippen LogP contribution in [0, 0.1) is 5.95 Å². The second-order valence-electron chi connectivity index (χ2n) is 2.83. The van der Waals surface area contributed by atoms with E-state index in [0.29, 0.717) is 12.0 Å². The standard InChI is InChI=1S/C9H13FN2.ClH/c1-2-8(11)6-7-4-3-5-12-9(7)10;/h3-5,8H,2,6,11H2,1H3;1H. The first-order valence-electron chi connectivity index (χ1n) is 4.09. The Morgan fingerprint density at radius 3 is 2.85 bits per heavy atom. The van der Waals surface area contributed by atoms with Gasteiger partial charge < -0.3 is 5.73 Å². The lowest BCUT2D eigenvalue weighted by molar-refractivity contribution is 0.546. The summed E-state index contributed by atoms with van der Waals surface area (Å²) in [5.41, 5.74) is 6.28. The summed E-state index contributed by atoms with van der Waals surface area (Å²) in [5, 5.41) is 0. The van der Waals surface area contributed by atoms with E-state index in [4.69, 9.17) is 5.73 Å². The van der Waals surface area contributed by atoms with Gasteiger partial charge in [-0.3, -0.25) is 0 Å². The van der Waals surface area contributed by atoms with Crippen LogP contribution in [0.3, 0.4) is 0 Å². The highest BCUT2D eigenvalue weighted by molar-refractivity contribution is 5.85. The zero-order valence-corrected chi connectivity index (χ0v) is 8.35. The molecular weight excluding hydrogens is 191 g/mol. The lowest BCUT2D eigenvalue weighted by Gasteiger charge is -2.07. The Kier molecular flexibility index (Phi) is 5.58. The summed E-state index contributed by atoms with van der Waals surface area (Å²) in [4.78, 5) is 3.54. The van der Waals surface area contributed by atoms with Crippen molar-refractivity contribution in [2.24, 2.45) is 5.73 Å². The lowest BCUT2D eigenvalue weighted by atomic mass is 10.1. The number of hydrogen-bond acceptors (Lipinski definition) is 2. The number of pyridine rings is 1. The zero-order valence-electron chi connectivity index (χ0n) is 7.53. The van der Waals surface area contributed by atoms with E-state index in [-0.39, 0.29) is 18.4 Å². The fourth-order valence-electron chi connectivity index (χ4n) is 0.998. The third kappa shape index (κ3) is 3.70. The van der Waals surface area contributed by atoms with Crippen LogP contribution in [-0.4, -0.2) is 11.0 Å². The smallest absolute Gasteiger partial charge is 0.216 e. The van der Waals surface area contributed by atoms with Crippen molar-refractivity contribution in [2.75, 3.05) is 0 Å². The summed E-state index contributed by atoms with van der Waals surface area (Å²) < 4.78 is 12.9. The van der Waals surface area contributed by atoms with Gasteiger partial charge in [-0.1, -0.05) is 13.0 Å². The van der Waals surface area contributed by atoms with Crippen molar-refractivity contribution < 1.29 is 4.39 Å². The summed E-state index contributed by atoms with van der Waals surface area (Å²) in [5.74, 6) is -0.401. The third-order valence-corrected chi connectivity index (χ3v) is 1.84. The molecule has 0 radical (unpaired) electrons. The molecule has 2 nitrogen and oxygen atoms in total. The highest BCUT2D eigenvalue weighted by Crippen LogP contribution is 2.06. The minimum atomic E-state index is -0.401. The van der Waals surface area contributed by atoms with Gasteiger partial charge in [-0.05, 0) is 18.9 Å². The Bertz CT molecular complexity index is 255. The molecule has 0 aliphatic heterocycles. The van der Waals surface area contributed by atoms with E-state index in [0.717, 1.165) is 6.42 Å². The number of aromatic nitrogens is 1. The van der Waals surface area contributed by atoms with Crippen LogP contribution < -0.4 is 5.73 Å². The molecule has 74 valence electrons. The number of halogens is 2. The van der Waals surface area contributed by atoms with Gasteiger partial charge >= 0.3 is 0 Å². The minimum Gasteiger partial charge on any atom is -0.327 e. The Morgan fingerprint density at radius 2 is 2.31 bits per heavy atom. The van der Waals surface area contributed by atoms with Gasteiger partial charge in [-0.15, -0.1) is 12.4 Å². The molecule has 0 saturated carbocycles. The maximum Gasteiger partial charge on any atom is 0.216 e. The number of rotatable bonds is 3. The van der Waals surface area contributed by atoms with Gasteiger partial charge in [0.1, 0.15) is 0 Å². The Balaban J connectivity index is 0.00000144. The third-order valence-electron chi connectivity index (χ3n) is 1.84. The van der Waals surface area contributed by atoms with E-state index < -0.39 is 5.95 Å². The topological polar surface area (TPSA) is 38.9 Å². The van der Waals surface area contributed by atoms with Crippen LogP contribution in [0.1, 0.15) is 18.9 Å². The molecule has 1 aromatic heterocycles. The highest BCUT2D eigenvalue weighted by Gasteiger charge is 2.05. The number of nitrogens with zero attached hydrogens (tertiary/aromatic N) is 1. The highest BCUT2D eigenvalue weighted by atomic mass is 35.5. The molecule has 1 rings (SSSR count). The fourth-order valence-corrected chi connectivity index (χ4v) is 0.998. The zero-order chi connectivity index (χ0) is 8.97. The predicted molar refractivity (Wildman–Crippen MR) is 53.4 cm³/mol. The van der Waals surface area contributed by atoms with Crippen molar-refractivity contribution in [3.8, 4) is 0 Å². The van der Waals surface area contributed by atoms with Crippen molar-refractivity contribution in [1.82, 2.24) is 4.98 Å². The largest absolute Gasteiger partial charge is 0.327 e. The van der Waals surface area contributed by atoms with Gasteiger partial charge in [0.05, 0.1) is 0 Å². The molecule has 0 aliphatic carbocycles. The maximum absolute atomic E-state index is 12.9. The fraction of sp³-hybridized carbons (Fsp3) is 0.444.